The minimum Gasteiger partial charge on any atom is -0.455 e. The lowest BCUT2D eigenvalue weighted by Gasteiger charge is -2.20. The fraction of sp³-hybridized carbons (Fsp3) is 0.0476. The Morgan fingerprint density at radius 2 is 1.32 bits per heavy atom. The second-order valence-corrected chi connectivity index (χ2v) is 5.83. The van der Waals surface area contributed by atoms with Gasteiger partial charge >= 0.3 is 0 Å². The van der Waals surface area contributed by atoms with Crippen molar-refractivity contribution in [2.24, 2.45) is 0 Å². The van der Waals surface area contributed by atoms with Crippen molar-refractivity contribution in [2.75, 3.05) is 4.90 Å². The number of hydrogen-bond acceptors (Lipinski definition) is 3. The molecule has 0 spiro atoms. The highest BCUT2D eigenvalue weighted by atomic mass is 16.5. The Bertz CT molecular complexity index is 944. The molecule has 0 N–H and O–H groups in total. The van der Waals surface area contributed by atoms with E-state index in [4.69, 9.17) is 4.74 Å². The van der Waals surface area contributed by atoms with Crippen LogP contribution in [-0.4, -0.2) is 11.8 Å². The molecule has 4 heteroatoms. The van der Waals surface area contributed by atoms with Crippen molar-refractivity contribution in [3.8, 4) is 11.5 Å². The quantitative estimate of drug-likeness (QED) is 0.660. The molecule has 0 aliphatic carbocycles. The molecule has 1 heterocycles. The number of ether oxygens (including phenoxy) is 1. The fourth-order valence-electron chi connectivity index (χ4n) is 2.96. The third-order valence-corrected chi connectivity index (χ3v) is 4.19. The number of fused-ring (bicyclic) bond motifs is 1. The van der Waals surface area contributed by atoms with E-state index in [9.17, 15) is 9.59 Å². The summed E-state index contributed by atoms with van der Waals surface area (Å²) in [6.45, 7) is 1.89. The first-order chi connectivity index (χ1) is 12.2. The van der Waals surface area contributed by atoms with Crippen molar-refractivity contribution >= 4 is 17.5 Å². The van der Waals surface area contributed by atoms with Crippen molar-refractivity contribution in [1.29, 1.82) is 0 Å². The van der Waals surface area contributed by atoms with E-state index in [0.717, 1.165) is 5.56 Å². The van der Waals surface area contributed by atoms with Gasteiger partial charge in [0.15, 0.2) is 5.75 Å². The molecule has 0 saturated carbocycles. The summed E-state index contributed by atoms with van der Waals surface area (Å²) in [5, 5.41) is 0. The van der Waals surface area contributed by atoms with Gasteiger partial charge in [0, 0.05) is 0 Å². The molecule has 0 saturated heterocycles. The van der Waals surface area contributed by atoms with E-state index in [-0.39, 0.29) is 11.8 Å². The molecule has 2 amide bonds. The zero-order chi connectivity index (χ0) is 17.4. The Balaban J connectivity index is 1.81. The summed E-state index contributed by atoms with van der Waals surface area (Å²) in [4.78, 5) is 26.7. The number of aryl methyl sites for hydroxylation is 1. The number of carbonyl (C=O) groups is 2. The SMILES string of the molecule is Cc1cccc(N2C(=O)c3ccccc3C2=O)c1Oc1ccccc1. The highest BCUT2D eigenvalue weighted by Crippen LogP contribution is 2.39. The van der Waals surface area contributed by atoms with Crippen LogP contribution in [0, 0.1) is 6.92 Å². The van der Waals surface area contributed by atoms with E-state index >= 15 is 0 Å². The molecule has 1 aliphatic rings. The van der Waals surface area contributed by atoms with Crippen LogP contribution in [0.1, 0.15) is 26.3 Å². The lowest BCUT2D eigenvalue weighted by molar-refractivity contribution is 0.0925. The van der Waals surface area contributed by atoms with E-state index in [1.54, 1.807) is 30.3 Å². The van der Waals surface area contributed by atoms with Crippen molar-refractivity contribution in [2.45, 2.75) is 6.92 Å². The van der Waals surface area contributed by atoms with Gasteiger partial charge in [0.25, 0.3) is 11.8 Å². The Morgan fingerprint density at radius 1 is 0.720 bits per heavy atom. The summed E-state index contributed by atoms with van der Waals surface area (Å²) in [5.41, 5.74) is 2.13. The van der Waals surface area contributed by atoms with Crippen molar-refractivity contribution in [3.63, 3.8) is 0 Å². The number of nitrogens with zero attached hydrogens (tertiary/aromatic N) is 1. The topological polar surface area (TPSA) is 46.6 Å². The summed E-state index contributed by atoms with van der Waals surface area (Å²) < 4.78 is 6.00. The lowest BCUT2D eigenvalue weighted by atomic mass is 10.1. The van der Waals surface area contributed by atoms with Crippen molar-refractivity contribution in [1.82, 2.24) is 0 Å². The molecule has 0 radical (unpaired) electrons. The highest BCUT2D eigenvalue weighted by Gasteiger charge is 2.38. The van der Waals surface area contributed by atoms with Crippen LogP contribution in [0.4, 0.5) is 5.69 Å². The number of para-hydroxylation sites is 2. The van der Waals surface area contributed by atoms with Gasteiger partial charge in [0.2, 0.25) is 0 Å². The van der Waals surface area contributed by atoms with Crippen LogP contribution in [0.15, 0.2) is 72.8 Å². The molecular formula is C21H15NO3. The average molecular weight is 329 g/mol. The molecule has 25 heavy (non-hydrogen) atoms. The van der Waals surface area contributed by atoms with Gasteiger partial charge in [-0.05, 0) is 42.8 Å². The van der Waals surface area contributed by atoms with E-state index in [2.05, 4.69) is 0 Å². The summed E-state index contributed by atoms with van der Waals surface area (Å²) >= 11 is 0. The number of carbonyl (C=O) groups excluding carboxylic acids is 2. The molecule has 3 aromatic carbocycles. The number of amides is 2. The van der Waals surface area contributed by atoms with Gasteiger partial charge in [0.1, 0.15) is 5.75 Å². The zero-order valence-corrected chi connectivity index (χ0v) is 13.6. The Morgan fingerprint density at radius 3 is 1.96 bits per heavy atom. The molecule has 4 rings (SSSR count). The first-order valence-corrected chi connectivity index (χ1v) is 7.97. The highest BCUT2D eigenvalue weighted by molar-refractivity contribution is 6.34. The first kappa shape index (κ1) is 15.1. The van der Waals surface area contributed by atoms with E-state index in [1.807, 2.05) is 49.4 Å². The monoisotopic (exact) mass is 329 g/mol. The number of hydrogen-bond donors (Lipinski definition) is 0. The molecule has 4 nitrogen and oxygen atoms in total. The molecular weight excluding hydrogens is 314 g/mol. The van der Waals surface area contributed by atoms with Gasteiger partial charge in [-0.15, -0.1) is 0 Å². The summed E-state index contributed by atoms with van der Waals surface area (Å²) in [7, 11) is 0. The minimum atomic E-state index is -0.330. The smallest absolute Gasteiger partial charge is 0.266 e. The van der Waals surface area contributed by atoms with Gasteiger partial charge in [-0.25, -0.2) is 4.90 Å². The molecule has 1 aliphatic heterocycles. The molecule has 0 unspecified atom stereocenters. The second kappa shape index (κ2) is 5.91. The summed E-state index contributed by atoms with van der Waals surface area (Å²) in [5.74, 6) is 0.492. The maximum atomic E-state index is 12.8. The predicted octanol–water partition coefficient (Wildman–Crippen LogP) is 4.59. The van der Waals surface area contributed by atoms with Gasteiger partial charge in [0.05, 0.1) is 16.8 Å². The number of anilines is 1. The van der Waals surface area contributed by atoms with E-state index in [0.29, 0.717) is 28.3 Å². The van der Waals surface area contributed by atoms with Gasteiger partial charge in [-0.1, -0.05) is 42.5 Å². The Labute approximate surface area is 145 Å². The van der Waals surface area contributed by atoms with Crippen LogP contribution in [0.5, 0.6) is 11.5 Å². The normalized spacial score (nSPS) is 13.1. The maximum Gasteiger partial charge on any atom is 0.266 e. The van der Waals surface area contributed by atoms with Crippen molar-refractivity contribution in [3.05, 3.63) is 89.5 Å². The molecule has 0 aromatic heterocycles. The van der Waals surface area contributed by atoms with Crippen LogP contribution < -0.4 is 9.64 Å². The average Bonchev–Trinajstić information content (AvgIpc) is 2.89. The van der Waals surface area contributed by atoms with Crippen LogP contribution in [0.3, 0.4) is 0 Å². The van der Waals surface area contributed by atoms with Crippen LogP contribution >= 0.6 is 0 Å². The Hall–Kier alpha value is -3.40. The molecule has 3 aromatic rings. The standard InChI is InChI=1S/C21H15NO3/c1-14-8-7-13-18(19(14)25-15-9-3-2-4-10-15)22-20(23)16-11-5-6-12-17(16)21(22)24/h2-13H,1H3. The summed E-state index contributed by atoms with van der Waals surface area (Å²) in [6, 6.07) is 21.6. The Kier molecular flexibility index (Phi) is 3.58. The van der Waals surface area contributed by atoms with Crippen LogP contribution in [-0.2, 0) is 0 Å². The number of imide groups is 1. The molecule has 0 fully saturated rings. The fourth-order valence-corrected chi connectivity index (χ4v) is 2.96. The molecule has 0 atom stereocenters. The molecule has 122 valence electrons. The predicted molar refractivity (Wildman–Crippen MR) is 95.3 cm³/mol. The number of rotatable bonds is 3. The molecule has 0 bridgehead atoms. The third-order valence-electron chi connectivity index (χ3n) is 4.19. The first-order valence-electron chi connectivity index (χ1n) is 7.97. The largest absolute Gasteiger partial charge is 0.455 e. The number of benzene rings is 3. The second-order valence-electron chi connectivity index (χ2n) is 5.83. The van der Waals surface area contributed by atoms with Crippen LogP contribution in [0.25, 0.3) is 0 Å². The minimum absolute atomic E-state index is 0.330. The van der Waals surface area contributed by atoms with Gasteiger partial charge in [-0.2, -0.15) is 0 Å². The van der Waals surface area contributed by atoms with Gasteiger partial charge in [-0.3, -0.25) is 9.59 Å². The lowest BCUT2D eigenvalue weighted by Crippen LogP contribution is -2.29. The summed E-state index contributed by atoms with van der Waals surface area (Å²) in [6.07, 6.45) is 0. The maximum absolute atomic E-state index is 12.8. The van der Waals surface area contributed by atoms with Crippen LogP contribution in [0.2, 0.25) is 0 Å². The van der Waals surface area contributed by atoms with Crippen molar-refractivity contribution < 1.29 is 14.3 Å². The van der Waals surface area contributed by atoms with E-state index in [1.165, 1.54) is 4.90 Å². The van der Waals surface area contributed by atoms with Gasteiger partial charge < -0.3 is 4.74 Å². The third kappa shape index (κ3) is 2.48. The zero-order valence-electron chi connectivity index (χ0n) is 13.6. The van der Waals surface area contributed by atoms with E-state index < -0.39 is 0 Å².